The maximum Gasteiger partial charge on any atom is 0.124 e. The number of anilines is 1. The predicted octanol–water partition coefficient (Wildman–Crippen LogP) is 7.77. The fourth-order valence-electron chi connectivity index (χ4n) is 3.76. The molecule has 33 heavy (non-hydrogen) atoms. The molecule has 0 saturated heterocycles. The maximum atomic E-state index is 5.92. The molecule has 0 spiro atoms. The van der Waals surface area contributed by atoms with Crippen molar-refractivity contribution in [3.05, 3.63) is 113 Å². The summed E-state index contributed by atoms with van der Waals surface area (Å²) >= 11 is 1.74. The lowest BCUT2D eigenvalue weighted by Gasteiger charge is -2.10. The number of nitrogens with one attached hydrogen (secondary N) is 1. The first kappa shape index (κ1) is 21.2. The Morgan fingerprint density at radius 1 is 0.788 bits per heavy atom. The van der Waals surface area contributed by atoms with Crippen LogP contribution in [-0.4, -0.2) is 4.98 Å². The molecule has 5 aromatic rings. The van der Waals surface area contributed by atoms with Gasteiger partial charge in [0.25, 0.3) is 0 Å². The first-order chi connectivity index (χ1) is 16.1. The van der Waals surface area contributed by atoms with Crippen LogP contribution in [0.5, 0.6) is 5.75 Å². The molecule has 0 radical (unpaired) electrons. The summed E-state index contributed by atoms with van der Waals surface area (Å²) in [7, 11) is 0. The number of fused-ring (bicyclic) bond motifs is 1. The van der Waals surface area contributed by atoms with Crippen molar-refractivity contribution < 1.29 is 4.74 Å². The second-order valence-corrected chi connectivity index (χ2v) is 9.37. The molecule has 0 aliphatic rings. The predicted molar refractivity (Wildman–Crippen MR) is 139 cm³/mol. The average Bonchev–Trinajstić information content (AvgIpc) is 3.26. The van der Waals surface area contributed by atoms with Crippen molar-refractivity contribution in [1.29, 1.82) is 0 Å². The third-order valence-corrected chi connectivity index (χ3v) is 6.65. The fraction of sp³-hybridized carbons (Fsp3) is 0.138. The van der Waals surface area contributed by atoms with Crippen LogP contribution in [0, 0.1) is 13.8 Å². The molecule has 1 N–H and O–H groups in total. The molecule has 0 unspecified atom stereocenters. The Morgan fingerprint density at radius 3 is 2.36 bits per heavy atom. The van der Waals surface area contributed by atoms with Gasteiger partial charge in [0.2, 0.25) is 0 Å². The lowest BCUT2D eigenvalue weighted by molar-refractivity contribution is 0.306. The molecule has 0 aliphatic heterocycles. The molecule has 0 atom stereocenters. The van der Waals surface area contributed by atoms with Crippen LogP contribution >= 0.6 is 11.3 Å². The SMILES string of the molecule is Cc1cccc(COc2ccc(CNc3ccc(-c4nc5ccc(C)cc5s4)cc3)cc2)c1. The van der Waals surface area contributed by atoms with Crippen LogP contribution in [0.1, 0.15) is 22.3 Å². The van der Waals surface area contributed by atoms with Crippen LogP contribution in [0.4, 0.5) is 5.69 Å². The Morgan fingerprint density at radius 2 is 1.58 bits per heavy atom. The molecule has 5 rings (SSSR count). The second-order valence-electron chi connectivity index (χ2n) is 8.34. The van der Waals surface area contributed by atoms with Crippen LogP contribution in [0.25, 0.3) is 20.8 Å². The zero-order chi connectivity index (χ0) is 22.6. The van der Waals surface area contributed by atoms with Crippen molar-refractivity contribution in [3.63, 3.8) is 0 Å². The van der Waals surface area contributed by atoms with Gasteiger partial charge in [-0.1, -0.05) is 48.0 Å². The van der Waals surface area contributed by atoms with Gasteiger partial charge in [-0.3, -0.25) is 0 Å². The Bertz CT molecular complexity index is 1370. The molecule has 4 aromatic carbocycles. The Hall–Kier alpha value is -3.63. The zero-order valence-electron chi connectivity index (χ0n) is 18.8. The summed E-state index contributed by atoms with van der Waals surface area (Å²) < 4.78 is 7.16. The molecule has 0 bridgehead atoms. The summed E-state index contributed by atoms with van der Waals surface area (Å²) in [5.74, 6) is 0.885. The summed E-state index contributed by atoms with van der Waals surface area (Å²) in [5, 5.41) is 4.56. The third kappa shape index (κ3) is 5.24. The molecular formula is C29H26N2OS. The van der Waals surface area contributed by atoms with E-state index in [0.29, 0.717) is 6.61 Å². The highest BCUT2D eigenvalue weighted by molar-refractivity contribution is 7.21. The topological polar surface area (TPSA) is 34.1 Å². The summed E-state index contributed by atoms with van der Waals surface area (Å²) in [5.41, 5.74) is 8.22. The minimum absolute atomic E-state index is 0.583. The normalized spacial score (nSPS) is 11.0. The van der Waals surface area contributed by atoms with E-state index in [1.165, 1.54) is 27.0 Å². The molecule has 0 saturated carbocycles. The van der Waals surface area contributed by atoms with Crippen molar-refractivity contribution >= 4 is 27.2 Å². The number of benzene rings is 4. The van der Waals surface area contributed by atoms with Crippen molar-refractivity contribution in [2.75, 3.05) is 5.32 Å². The van der Waals surface area contributed by atoms with Gasteiger partial charge in [0.05, 0.1) is 10.2 Å². The molecule has 164 valence electrons. The Labute approximate surface area is 198 Å². The van der Waals surface area contributed by atoms with Crippen molar-refractivity contribution in [1.82, 2.24) is 4.98 Å². The van der Waals surface area contributed by atoms with E-state index in [2.05, 4.69) is 98.0 Å². The van der Waals surface area contributed by atoms with Gasteiger partial charge in [-0.15, -0.1) is 11.3 Å². The number of ether oxygens (including phenoxy) is 1. The second kappa shape index (κ2) is 9.47. The highest BCUT2D eigenvalue weighted by Crippen LogP contribution is 2.31. The van der Waals surface area contributed by atoms with Gasteiger partial charge in [-0.05, 0) is 79.1 Å². The molecule has 3 nitrogen and oxygen atoms in total. The Balaban J connectivity index is 1.17. The largest absolute Gasteiger partial charge is 0.489 e. The highest BCUT2D eigenvalue weighted by Gasteiger charge is 2.07. The molecule has 0 aliphatic carbocycles. The van der Waals surface area contributed by atoms with Crippen LogP contribution in [0.3, 0.4) is 0 Å². The van der Waals surface area contributed by atoms with Gasteiger partial charge in [-0.25, -0.2) is 4.98 Å². The molecule has 0 amide bonds. The van der Waals surface area contributed by atoms with Gasteiger partial charge in [0.1, 0.15) is 17.4 Å². The number of rotatable bonds is 7. The summed E-state index contributed by atoms with van der Waals surface area (Å²) in [6, 6.07) is 31.6. The van der Waals surface area contributed by atoms with Crippen LogP contribution in [-0.2, 0) is 13.2 Å². The number of hydrogen-bond donors (Lipinski definition) is 1. The average molecular weight is 451 g/mol. The monoisotopic (exact) mass is 450 g/mol. The van der Waals surface area contributed by atoms with Crippen molar-refractivity contribution in [2.24, 2.45) is 0 Å². The first-order valence-corrected chi connectivity index (χ1v) is 11.9. The van der Waals surface area contributed by atoms with Gasteiger partial charge in [-0.2, -0.15) is 0 Å². The lowest BCUT2D eigenvalue weighted by atomic mass is 10.1. The van der Waals surface area contributed by atoms with E-state index in [-0.39, 0.29) is 0 Å². The number of aromatic nitrogens is 1. The minimum atomic E-state index is 0.583. The molecule has 1 heterocycles. The van der Waals surface area contributed by atoms with Gasteiger partial charge >= 0.3 is 0 Å². The van der Waals surface area contributed by atoms with E-state index < -0.39 is 0 Å². The van der Waals surface area contributed by atoms with Crippen LogP contribution in [0.15, 0.2) is 91.0 Å². The van der Waals surface area contributed by atoms with E-state index in [1.807, 2.05) is 12.1 Å². The minimum Gasteiger partial charge on any atom is -0.489 e. The lowest BCUT2D eigenvalue weighted by Crippen LogP contribution is -2.00. The van der Waals surface area contributed by atoms with E-state index in [9.17, 15) is 0 Å². The first-order valence-electron chi connectivity index (χ1n) is 11.1. The number of nitrogens with zero attached hydrogens (tertiary/aromatic N) is 1. The summed E-state index contributed by atoms with van der Waals surface area (Å²) in [6.07, 6.45) is 0. The number of hydrogen-bond acceptors (Lipinski definition) is 4. The molecular weight excluding hydrogens is 424 g/mol. The Kier molecular flexibility index (Phi) is 6.09. The van der Waals surface area contributed by atoms with Crippen molar-refractivity contribution in [3.8, 4) is 16.3 Å². The molecule has 0 fully saturated rings. The van der Waals surface area contributed by atoms with Crippen molar-refractivity contribution in [2.45, 2.75) is 27.0 Å². The van der Waals surface area contributed by atoms with Gasteiger partial charge < -0.3 is 10.1 Å². The number of thiazole rings is 1. The standard InChI is InChI=1S/C29H26N2OS/c1-20-4-3-5-23(16-20)19-32-26-13-7-22(8-14-26)18-30-25-11-9-24(10-12-25)29-31-27-15-6-21(2)17-28(27)33-29/h3-17,30H,18-19H2,1-2H3. The van der Waals surface area contributed by atoms with Gasteiger partial charge in [0.15, 0.2) is 0 Å². The number of aryl methyl sites for hydroxylation is 2. The third-order valence-electron chi connectivity index (χ3n) is 5.58. The zero-order valence-corrected chi connectivity index (χ0v) is 19.7. The summed E-state index contributed by atoms with van der Waals surface area (Å²) in [4.78, 5) is 4.78. The van der Waals surface area contributed by atoms with E-state index >= 15 is 0 Å². The molecule has 4 heteroatoms. The van der Waals surface area contributed by atoms with Gasteiger partial charge in [0, 0.05) is 17.8 Å². The van der Waals surface area contributed by atoms with E-state index in [4.69, 9.17) is 9.72 Å². The molecule has 1 aromatic heterocycles. The van der Waals surface area contributed by atoms with E-state index in [1.54, 1.807) is 11.3 Å². The quantitative estimate of drug-likeness (QED) is 0.275. The van der Waals surface area contributed by atoms with Crippen LogP contribution in [0.2, 0.25) is 0 Å². The fourth-order valence-corrected chi connectivity index (χ4v) is 4.83. The van der Waals surface area contributed by atoms with Crippen LogP contribution < -0.4 is 10.1 Å². The smallest absolute Gasteiger partial charge is 0.124 e. The summed E-state index contributed by atoms with van der Waals surface area (Å²) in [6.45, 7) is 5.56. The maximum absolute atomic E-state index is 5.92. The highest BCUT2D eigenvalue weighted by atomic mass is 32.1. The van der Waals surface area contributed by atoms with E-state index in [0.717, 1.165) is 34.1 Å².